The average Bonchev–Trinajstić information content (AvgIpc) is 2.98. The van der Waals surface area contributed by atoms with Crippen LogP contribution in [0, 0.1) is 12.3 Å². The molecule has 0 aliphatic carbocycles. The van der Waals surface area contributed by atoms with Gasteiger partial charge in [-0.3, -0.25) is 0 Å². The molecule has 96 valence electrons. The lowest BCUT2D eigenvalue weighted by molar-refractivity contribution is 0.375. The van der Waals surface area contributed by atoms with Crippen LogP contribution in [0.3, 0.4) is 0 Å². The van der Waals surface area contributed by atoms with Crippen molar-refractivity contribution in [2.24, 2.45) is 0 Å². The van der Waals surface area contributed by atoms with Crippen molar-refractivity contribution >= 4 is 16.7 Å². The zero-order valence-corrected chi connectivity index (χ0v) is 10.8. The molecule has 1 fully saturated rings. The number of hydrogen-bond acceptors (Lipinski definition) is 3. The van der Waals surface area contributed by atoms with Crippen LogP contribution >= 0.6 is 0 Å². The van der Waals surface area contributed by atoms with E-state index in [9.17, 15) is 0 Å². The Kier molecular flexibility index (Phi) is 3.24. The second-order valence-electron chi connectivity index (χ2n) is 4.68. The van der Waals surface area contributed by atoms with E-state index in [1.54, 1.807) is 0 Å². The third-order valence-corrected chi connectivity index (χ3v) is 3.42. The molecule has 0 spiro atoms. The number of benzene rings is 1. The van der Waals surface area contributed by atoms with E-state index >= 15 is 0 Å². The molecule has 3 rings (SSSR count). The molecule has 1 aliphatic rings. The van der Waals surface area contributed by atoms with Crippen LogP contribution in [-0.2, 0) is 0 Å². The quantitative estimate of drug-likeness (QED) is 0.785. The second-order valence-corrected chi connectivity index (χ2v) is 4.68. The molecule has 0 N–H and O–H groups in total. The Bertz CT molecular complexity index is 624. The fourth-order valence-corrected chi connectivity index (χ4v) is 2.48. The van der Waals surface area contributed by atoms with Gasteiger partial charge in [-0.25, -0.2) is 4.98 Å². The monoisotopic (exact) mass is 252 g/mol. The van der Waals surface area contributed by atoms with Gasteiger partial charge in [0.1, 0.15) is 18.2 Å². The van der Waals surface area contributed by atoms with Gasteiger partial charge in [-0.2, -0.15) is 0 Å². The summed E-state index contributed by atoms with van der Waals surface area (Å²) in [6.45, 7) is 2.49. The van der Waals surface area contributed by atoms with E-state index in [1.807, 2.05) is 18.2 Å². The minimum absolute atomic E-state index is 0.285. The van der Waals surface area contributed by atoms with Crippen molar-refractivity contribution in [3.63, 3.8) is 0 Å². The first-order chi connectivity index (χ1) is 9.38. The van der Waals surface area contributed by atoms with Crippen LogP contribution in [0.25, 0.3) is 10.9 Å². The highest BCUT2D eigenvalue weighted by Gasteiger charge is 2.14. The number of ether oxygens (including phenoxy) is 1. The summed E-state index contributed by atoms with van der Waals surface area (Å²) in [5.74, 6) is 4.34. The van der Waals surface area contributed by atoms with Crippen LogP contribution in [0.1, 0.15) is 12.8 Å². The van der Waals surface area contributed by atoms with Crippen molar-refractivity contribution in [3.8, 4) is 18.1 Å². The lowest BCUT2D eigenvalue weighted by Crippen LogP contribution is -2.18. The number of hydrogen-bond donors (Lipinski definition) is 0. The van der Waals surface area contributed by atoms with Gasteiger partial charge in [-0.15, -0.1) is 6.42 Å². The molecule has 2 aromatic rings. The van der Waals surface area contributed by atoms with Crippen molar-refractivity contribution in [2.75, 3.05) is 24.6 Å². The summed E-state index contributed by atoms with van der Waals surface area (Å²) in [5, 5.41) is 1.01. The van der Waals surface area contributed by atoms with Crippen LogP contribution in [0.5, 0.6) is 5.75 Å². The Morgan fingerprint density at radius 1 is 1.21 bits per heavy atom. The van der Waals surface area contributed by atoms with Crippen LogP contribution in [-0.4, -0.2) is 24.7 Å². The maximum absolute atomic E-state index is 5.54. The summed E-state index contributed by atoms with van der Waals surface area (Å²) in [6, 6.07) is 10.0. The number of nitrogens with zero attached hydrogens (tertiary/aromatic N) is 2. The smallest absolute Gasteiger partial charge is 0.148 e. The molecular formula is C16H16N2O. The maximum Gasteiger partial charge on any atom is 0.148 e. The number of anilines is 1. The van der Waals surface area contributed by atoms with Gasteiger partial charge in [0, 0.05) is 18.5 Å². The van der Waals surface area contributed by atoms with E-state index in [4.69, 9.17) is 16.1 Å². The van der Waals surface area contributed by atoms with Gasteiger partial charge < -0.3 is 9.64 Å². The fraction of sp³-hybridized carbons (Fsp3) is 0.312. The summed E-state index contributed by atoms with van der Waals surface area (Å²) in [5.41, 5.74) is 0.957. The molecule has 1 saturated heterocycles. The van der Waals surface area contributed by atoms with Crippen LogP contribution in [0.2, 0.25) is 0 Å². The summed E-state index contributed by atoms with van der Waals surface area (Å²) in [6.07, 6.45) is 7.74. The SMILES string of the molecule is C#CCOc1cccc2nc(N3CCCC3)ccc12. The minimum atomic E-state index is 0.285. The lowest BCUT2D eigenvalue weighted by Gasteiger charge is -2.17. The van der Waals surface area contributed by atoms with Crippen LogP contribution < -0.4 is 9.64 Å². The molecule has 19 heavy (non-hydrogen) atoms. The highest BCUT2D eigenvalue weighted by Crippen LogP contribution is 2.27. The molecule has 0 atom stereocenters. The molecule has 3 nitrogen and oxygen atoms in total. The van der Waals surface area contributed by atoms with Gasteiger partial charge in [-0.1, -0.05) is 12.0 Å². The topological polar surface area (TPSA) is 25.4 Å². The molecule has 1 aromatic heterocycles. The van der Waals surface area contributed by atoms with Gasteiger partial charge in [0.25, 0.3) is 0 Å². The van der Waals surface area contributed by atoms with Crippen molar-refractivity contribution in [2.45, 2.75) is 12.8 Å². The summed E-state index contributed by atoms with van der Waals surface area (Å²) in [4.78, 5) is 7.05. The Labute approximate surface area is 113 Å². The number of fused-ring (bicyclic) bond motifs is 1. The molecule has 1 aliphatic heterocycles. The molecule has 2 heterocycles. The van der Waals surface area contributed by atoms with Gasteiger partial charge >= 0.3 is 0 Å². The molecule has 0 unspecified atom stereocenters. The van der Waals surface area contributed by atoms with Crippen molar-refractivity contribution in [1.29, 1.82) is 0 Å². The zero-order chi connectivity index (χ0) is 13.1. The number of terminal acetylenes is 1. The van der Waals surface area contributed by atoms with E-state index in [0.717, 1.165) is 35.6 Å². The minimum Gasteiger partial charge on any atom is -0.480 e. The first-order valence-electron chi connectivity index (χ1n) is 6.59. The van der Waals surface area contributed by atoms with Crippen molar-refractivity contribution in [3.05, 3.63) is 30.3 Å². The van der Waals surface area contributed by atoms with Gasteiger partial charge in [0.15, 0.2) is 0 Å². The number of rotatable bonds is 3. The Morgan fingerprint density at radius 2 is 2.05 bits per heavy atom. The highest BCUT2D eigenvalue weighted by molar-refractivity contribution is 5.86. The summed E-state index contributed by atoms with van der Waals surface area (Å²) >= 11 is 0. The number of pyridine rings is 1. The Hall–Kier alpha value is -2.21. The Morgan fingerprint density at radius 3 is 2.84 bits per heavy atom. The van der Waals surface area contributed by atoms with E-state index in [0.29, 0.717) is 0 Å². The average molecular weight is 252 g/mol. The summed E-state index contributed by atoms with van der Waals surface area (Å²) < 4.78 is 5.54. The third-order valence-electron chi connectivity index (χ3n) is 3.42. The first-order valence-corrected chi connectivity index (χ1v) is 6.59. The largest absolute Gasteiger partial charge is 0.480 e. The highest BCUT2D eigenvalue weighted by atomic mass is 16.5. The van der Waals surface area contributed by atoms with E-state index < -0.39 is 0 Å². The second kappa shape index (κ2) is 5.19. The van der Waals surface area contributed by atoms with Crippen LogP contribution in [0.4, 0.5) is 5.82 Å². The third kappa shape index (κ3) is 2.34. The molecular weight excluding hydrogens is 236 g/mol. The van der Waals surface area contributed by atoms with E-state index in [1.165, 1.54) is 12.8 Å². The molecule has 0 radical (unpaired) electrons. The molecule has 0 bridgehead atoms. The summed E-state index contributed by atoms with van der Waals surface area (Å²) in [7, 11) is 0. The van der Waals surface area contributed by atoms with Crippen molar-refractivity contribution < 1.29 is 4.74 Å². The van der Waals surface area contributed by atoms with Gasteiger partial charge in [0.05, 0.1) is 5.52 Å². The maximum atomic E-state index is 5.54. The predicted octanol–water partition coefficient (Wildman–Crippen LogP) is 2.85. The molecule has 0 saturated carbocycles. The first kappa shape index (κ1) is 11.9. The lowest BCUT2D eigenvalue weighted by atomic mass is 10.2. The normalized spacial score (nSPS) is 14.6. The molecule has 0 amide bonds. The molecule has 1 aromatic carbocycles. The molecule has 3 heteroatoms. The predicted molar refractivity (Wildman–Crippen MR) is 77.5 cm³/mol. The van der Waals surface area contributed by atoms with Crippen LogP contribution in [0.15, 0.2) is 30.3 Å². The standard InChI is InChI=1S/C16H16N2O/c1-2-12-19-15-7-5-6-14-13(15)8-9-16(17-14)18-10-3-4-11-18/h1,5-9H,3-4,10-12H2. The fourth-order valence-electron chi connectivity index (χ4n) is 2.48. The van der Waals surface area contributed by atoms with E-state index in [2.05, 4.69) is 23.0 Å². The number of aromatic nitrogens is 1. The van der Waals surface area contributed by atoms with Crippen molar-refractivity contribution in [1.82, 2.24) is 4.98 Å². The Balaban J connectivity index is 1.97. The van der Waals surface area contributed by atoms with Gasteiger partial charge in [0.2, 0.25) is 0 Å². The van der Waals surface area contributed by atoms with Gasteiger partial charge in [-0.05, 0) is 37.1 Å². The zero-order valence-electron chi connectivity index (χ0n) is 10.8. The van der Waals surface area contributed by atoms with E-state index in [-0.39, 0.29) is 6.61 Å².